The normalized spacial score (nSPS) is 23.1. The van der Waals surface area contributed by atoms with Gasteiger partial charge >= 0.3 is 0 Å². The number of benzene rings is 2. The minimum atomic E-state index is -0.784. The summed E-state index contributed by atoms with van der Waals surface area (Å²) in [6, 6.07) is 11.8. The molecule has 6 rings (SSSR count). The van der Waals surface area contributed by atoms with Crippen molar-refractivity contribution in [2.75, 3.05) is 21.1 Å². The van der Waals surface area contributed by atoms with Crippen LogP contribution in [0.25, 0.3) is 22.2 Å². The Bertz CT molecular complexity index is 1620. The van der Waals surface area contributed by atoms with Crippen LogP contribution in [0.5, 0.6) is 5.75 Å². The van der Waals surface area contributed by atoms with Gasteiger partial charge in [-0.2, -0.15) is 0 Å². The maximum atomic E-state index is 14.8. The van der Waals surface area contributed by atoms with Gasteiger partial charge in [-0.15, -0.1) is 0 Å². The van der Waals surface area contributed by atoms with E-state index >= 15 is 0 Å². The van der Waals surface area contributed by atoms with Gasteiger partial charge in [0.05, 0.1) is 11.1 Å². The largest absolute Gasteiger partial charge is 0.508 e. The molecule has 2 aromatic carbocycles. The fourth-order valence-corrected chi connectivity index (χ4v) is 8.10. The standard InChI is InChI=1S/C35H45N5O3S/c1-22-11-13-26(20-36-3)40(22)34(43)35(2)19-25-17-27(41)14-16-28(25)32-31(23-9-7-6-8-10-23)29-15-12-24(18-30(29)39(32)21-35)33(42)37-44-38(4)5/h12,14-18,20,22-23,36,41H,6-11,13,19,21H2,1-5H3,(H,37,42)/b26-20+. The number of allylic oxidation sites excluding steroid dienone is 1. The molecule has 3 aliphatic rings. The topological polar surface area (TPSA) is 89.8 Å². The van der Waals surface area contributed by atoms with E-state index in [1.165, 1.54) is 37.0 Å². The lowest BCUT2D eigenvalue weighted by atomic mass is 9.79. The predicted molar refractivity (Wildman–Crippen MR) is 178 cm³/mol. The molecule has 9 heteroatoms. The number of hydrogen-bond donors (Lipinski definition) is 3. The van der Waals surface area contributed by atoms with E-state index in [0.717, 1.165) is 59.1 Å². The van der Waals surface area contributed by atoms with E-state index in [1.54, 1.807) is 6.07 Å². The summed E-state index contributed by atoms with van der Waals surface area (Å²) in [5.74, 6) is 0.566. The zero-order chi connectivity index (χ0) is 31.2. The maximum absolute atomic E-state index is 14.8. The van der Waals surface area contributed by atoms with Crippen molar-refractivity contribution in [2.45, 2.75) is 83.7 Å². The lowest BCUT2D eigenvalue weighted by molar-refractivity contribution is -0.140. The van der Waals surface area contributed by atoms with Gasteiger partial charge < -0.3 is 19.9 Å². The van der Waals surface area contributed by atoms with Crippen LogP contribution < -0.4 is 10.0 Å². The second kappa shape index (κ2) is 12.2. The van der Waals surface area contributed by atoms with Crippen molar-refractivity contribution in [3.63, 3.8) is 0 Å². The number of phenolic OH excluding ortho intramolecular Hbond substituents is 1. The van der Waals surface area contributed by atoms with Gasteiger partial charge in [-0.05, 0) is 107 Å². The first-order valence-electron chi connectivity index (χ1n) is 15.9. The van der Waals surface area contributed by atoms with Crippen molar-refractivity contribution in [2.24, 2.45) is 5.41 Å². The summed E-state index contributed by atoms with van der Waals surface area (Å²) in [5.41, 5.74) is 6.35. The van der Waals surface area contributed by atoms with Crippen molar-refractivity contribution in [3.8, 4) is 17.0 Å². The Kier molecular flexibility index (Phi) is 8.46. The van der Waals surface area contributed by atoms with E-state index in [0.29, 0.717) is 24.4 Å². The summed E-state index contributed by atoms with van der Waals surface area (Å²) in [4.78, 5) is 30.0. The van der Waals surface area contributed by atoms with E-state index in [-0.39, 0.29) is 23.6 Å². The number of likely N-dealkylation sites (tertiary alicyclic amines) is 1. The highest BCUT2D eigenvalue weighted by Crippen LogP contribution is 2.49. The monoisotopic (exact) mass is 615 g/mol. The van der Waals surface area contributed by atoms with E-state index in [9.17, 15) is 14.7 Å². The molecule has 1 aromatic heterocycles. The Balaban J connectivity index is 1.57. The van der Waals surface area contributed by atoms with Crippen molar-refractivity contribution in [3.05, 3.63) is 65.0 Å². The lowest BCUT2D eigenvalue weighted by Crippen LogP contribution is -2.46. The molecule has 2 atom stereocenters. The fourth-order valence-electron chi connectivity index (χ4n) is 7.71. The molecular formula is C35H45N5O3S. The minimum absolute atomic E-state index is 0.100. The van der Waals surface area contributed by atoms with Crippen molar-refractivity contribution in [1.82, 2.24) is 23.8 Å². The molecule has 44 heavy (non-hydrogen) atoms. The number of carbonyl (C=O) groups is 2. The molecular weight excluding hydrogens is 570 g/mol. The molecule has 1 saturated heterocycles. The Labute approximate surface area is 265 Å². The summed E-state index contributed by atoms with van der Waals surface area (Å²) in [5, 5.41) is 15.0. The average Bonchev–Trinajstić information content (AvgIpc) is 3.48. The van der Waals surface area contributed by atoms with Crippen LogP contribution in [-0.2, 0) is 17.8 Å². The molecule has 0 bridgehead atoms. The first-order chi connectivity index (χ1) is 21.1. The van der Waals surface area contributed by atoms with Gasteiger partial charge in [0.2, 0.25) is 5.91 Å². The van der Waals surface area contributed by atoms with Gasteiger partial charge in [0, 0.05) is 65.7 Å². The summed E-state index contributed by atoms with van der Waals surface area (Å²) in [6.07, 6.45) is 10.2. The molecule has 234 valence electrons. The van der Waals surface area contributed by atoms with Crippen LogP contribution in [0.1, 0.15) is 86.2 Å². The number of fused-ring (bicyclic) bond motifs is 5. The van der Waals surface area contributed by atoms with Crippen molar-refractivity contribution >= 4 is 34.9 Å². The highest BCUT2D eigenvalue weighted by molar-refractivity contribution is 7.95. The molecule has 2 aliphatic heterocycles. The van der Waals surface area contributed by atoms with E-state index in [2.05, 4.69) is 34.5 Å². The van der Waals surface area contributed by atoms with Crippen LogP contribution in [0.2, 0.25) is 0 Å². The smallest absolute Gasteiger partial charge is 0.262 e. The Hall–Kier alpha value is -3.43. The molecule has 8 nitrogen and oxygen atoms in total. The van der Waals surface area contributed by atoms with Gasteiger partial charge in [-0.25, -0.2) is 4.31 Å². The van der Waals surface area contributed by atoms with E-state index in [1.807, 2.05) is 60.8 Å². The summed E-state index contributed by atoms with van der Waals surface area (Å²) < 4.78 is 7.11. The Morgan fingerprint density at radius 2 is 1.86 bits per heavy atom. The highest BCUT2D eigenvalue weighted by atomic mass is 32.2. The number of nitrogens with one attached hydrogen (secondary N) is 2. The highest BCUT2D eigenvalue weighted by Gasteiger charge is 2.45. The first kappa shape index (κ1) is 30.6. The molecule has 2 fully saturated rings. The molecule has 3 aromatic rings. The van der Waals surface area contributed by atoms with Crippen LogP contribution in [0, 0.1) is 5.41 Å². The van der Waals surface area contributed by atoms with Crippen molar-refractivity contribution < 1.29 is 14.7 Å². The van der Waals surface area contributed by atoms with Crippen LogP contribution >= 0.6 is 12.1 Å². The lowest BCUT2D eigenvalue weighted by Gasteiger charge is -2.35. The van der Waals surface area contributed by atoms with Gasteiger partial charge in [0.1, 0.15) is 5.75 Å². The Morgan fingerprint density at radius 3 is 2.59 bits per heavy atom. The van der Waals surface area contributed by atoms with E-state index < -0.39 is 5.41 Å². The number of nitrogens with zero attached hydrogens (tertiary/aromatic N) is 3. The molecule has 2 unspecified atom stereocenters. The third-order valence-electron chi connectivity index (χ3n) is 9.75. The molecule has 2 amide bonds. The van der Waals surface area contributed by atoms with Crippen LogP contribution in [0.4, 0.5) is 0 Å². The maximum Gasteiger partial charge on any atom is 0.262 e. The number of carbonyl (C=O) groups excluding carboxylic acids is 2. The molecule has 0 spiro atoms. The summed E-state index contributed by atoms with van der Waals surface area (Å²) in [6.45, 7) is 4.69. The number of amides is 2. The van der Waals surface area contributed by atoms with Gasteiger partial charge in [-0.3, -0.25) is 14.3 Å². The molecule has 3 heterocycles. The van der Waals surface area contributed by atoms with Gasteiger partial charge in [0.25, 0.3) is 5.91 Å². The molecule has 3 N–H and O–H groups in total. The van der Waals surface area contributed by atoms with E-state index in [4.69, 9.17) is 0 Å². The number of phenols is 1. The average molecular weight is 616 g/mol. The quantitative estimate of drug-likeness (QED) is 0.273. The number of aromatic hydroxyl groups is 1. The van der Waals surface area contributed by atoms with Crippen LogP contribution in [-0.4, -0.2) is 57.9 Å². The van der Waals surface area contributed by atoms with Crippen LogP contribution in [0.15, 0.2) is 48.3 Å². The summed E-state index contributed by atoms with van der Waals surface area (Å²) in [7, 11) is 5.66. The fraction of sp³-hybridized carbons (Fsp3) is 0.486. The zero-order valence-electron chi connectivity index (χ0n) is 26.6. The van der Waals surface area contributed by atoms with Crippen LogP contribution in [0.3, 0.4) is 0 Å². The number of hydrogen-bond acceptors (Lipinski definition) is 6. The first-order valence-corrected chi connectivity index (χ1v) is 16.7. The second-order valence-corrected chi connectivity index (χ2v) is 14.4. The number of aromatic nitrogens is 1. The Morgan fingerprint density at radius 1 is 1.09 bits per heavy atom. The molecule has 0 radical (unpaired) electrons. The predicted octanol–water partition coefficient (Wildman–Crippen LogP) is 6.55. The second-order valence-electron chi connectivity index (χ2n) is 13.3. The van der Waals surface area contributed by atoms with Crippen molar-refractivity contribution in [1.29, 1.82) is 0 Å². The third kappa shape index (κ3) is 5.49. The third-order valence-corrected chi connectivity index (χ3v) is 10.4. The minimum Gasteiger partial charge on any atom is -0.508 e. The SMILES string of the molecule is CN/C=C1\CCC(C)N1C(=O)C1(C)Cc2cc(O)ccc2-c2c(C3CCCCC3)c3ccc(C(=O)NSN(C)C)cc3n2C1. The molecule has 1 aliphatic carbocycles. The summed E-state index contributed by atoms with van der Waals surface area (Å²) >= 11 is 1.26. The van der Waals surface area contributed by atoms with Gasteiger partial charge in [0.15, 0.2) is 0 Å². The number of rotatable bonds is 6. The zero-order valence-corrected chi connectivity index (χ0v) is 27.4. The van der Waals surface area contributed by atoms with Gasteiger partial charge in [-0.1, -0.05) is 25.3 Å². The molecule has 1 saturated carbocycles.